The summed E-state index contributed by atoms with van der Waals surface area (Å²) in [6.07, 6.45) is 1.55. The molecule has 1 unspecified atom stereocenters. The first kappa shape index (κ1) is 14.4. The molecule has 1 aliphatic rings. The Bertz CT molecular complexity index is 372. The van der Waals surface area contributed by atoms with E-state index in [2.05, 4.69) is 4.72 Å². The number of hydrogen-bond acceptors (Lipinski definition) is 4. The predicted molar refractivity (Wildman–Crippen MR) is 62.2 cm³/mol. The van der Waals surface area contributed by atoms with Gasteiger partial charge < -0.3 is 9.84 Å². The van der Waals surface area contributed by atoms with E-state index in [0.717, 1.165) is 19.8 Å². The van der Waals surface area contributed by atoms with E-state index >= 15 is 0 Å². The minimum absolute atomic E-state index is 0.149. The number of carboxylic acids is 1. The second-order valence-electron chi connectivity index (χ2n) is 4.77. The molecule has 0 aromatic heterocycles. The molecule has 0 spiro atoms. The summed E-state index contributed by atoms with van der Waals surface area (Å²) in [6.45, 7) is 4.64. The molecule has 1 fully saturated rings. The Morgan fingerprint density at radius 3 is 2.47 bits per heavy atom. The third-order valence-corrected chi connectivity index (χ3v) is 4.89. The first-order chi connectivity index (χ1) is 7.77. The smallest absolute Gasteiger partial charge is 0.323 e. The Morgan fingerprint density at radius 1 is 1.47 bits per heavy atom. The SMILES string of the molecule is CC(C(=O)O)S(=O)(=O)NCC1(C)CCOCC1. The molecule has 1 aliphatic heterocycles. The predicted octanol–water partition coefficient (Wildman–Crippen LogP) is 0.196. The zero-order valence-electron chi connectivity index (χ0n) is 10.1. The summed E-state index contributed by atoms with van der Waals surface area (Å²) in [4.78, 5) is 10.6. The number of hydrogen-bond donors (Lipinski definition) is 2. The minimum atomic E-state index is -3.79. The Kier molecular flexibility index (Phi) is 4.51. The lowest BCUT2D eigenvalue weighted by atomic mass is 9.83. The van der Waals surface area contributed by atoms with E-state index in [0.29, 0.717) is 13.2 Å². The summed E-state index contributed by atoms with van der Waals surface area (Å²) in [5.41, 5.74) is -0.149. The third kappa shape index (κ3) is 3.93. The molecule has 100 valence electrons. The van der Waals surface area contributed by atoms with Gasteiger partial charge in [-0.3, -0.25) is 4.79 Å². The summed E-state index contributed by atoms with van der Waals surface area (Å²) in [6, 6.07) is 0. The maximum Gasteiger partial charge on any atom is 0.323 e. The summed E-state index contributed by atoms with van der Waals surface area (Å²) >= 11 is 0. The lowest BCUT2D eigenvalue weighted by Gasteiger charge is -2.33. The lowest BCUT2D eigenvalue weighted by molar-refractivity contribution is -0.136. The van der Waals surface area contributed by atoms with Crippen molar-refractivity contribution in [2.45, 2.75) is 31.9 Å². The fraction of sp³-hybridized carbons (Fsp3) is 0.900. The molecule has 0 saturated carbocycles. The quantitative estimate of drug-likeness (QED) is 0.740. The first-order valence-corrected chi connectivity index (χ1v) is 7.10. The van der Waals surface area contributed by atoms with Crippen molar-refractivity contribution in [2.24, 2.45) is 5.41 Å². The van der Waals surface area contributed by atoms with E-state index in [1.54, 1.807) is 0 Å². The summed E-state index contributed by atoms with van der Waals surface area (Å²) in [5.74, 6) is -1.34. The van der Waals surface area contributed by atoms with Crippen molar-refractivity contribution in [3.05, 3.63) is 0 Å². The monoisotopic (exact) mass is 265 g/mol. The molecule has 6 nitrogen and oxygen atoms in total. The van der Waals surface area contributed by atoms with Gasteiger partial charge in [0.05, 0.1) is 0 Å². The van der Waals surface area contributed by atoms with Gasteiger partial charge in [-0.2, -0.15) is 0 Å². The maximum absolute atomic E-state index is 11.6. The van der Waals surface area contributed by atoms with Gasteiger partial charge in [0.25, 0.3) is 0 Å². The second kappa shape index (κ2) is 5.32. The number of rotatable bonds is 5. The number of nitrogens with one attached hydrogen (secondary N) is 1. The Labute approximate surface area is 101 Å². The normalized spacial score (nSPS) is 22.0. The highest BCUT2D eigenvalue weighted by Gasteiger charge is 2.32. The molecule has 0 aromatic rings. The van der Waals surface area contributed by atoms with E-state index in [-0.39, 0.29) is 12.0 Å². The Morgan fingerprint density at radius 2 is 2.00 bits per heavy atom. The average molecular weight is 265 g/mol. The Balaban J connectivity index is 2.57. The van der Waals surface area contributed by atoms with Crippen molar-refractivity contribution < 1.29 is 23.1 Å². The van der Waals surface area contributed by atoms with Crippen LogP contribution in [-0.4, -0.2) is 44.5 Å². The van der Waals surface area contributed by atoms with E-state index < -0.39 is 21.2 Å². The van der Waals surface area contributed by atoms with Crippen LogP contribution in [0.5, 0.6) is 0 Å². The zero-order valence-corrected chi connectivity index (χ0v) is 10.9. The molecule has 0 bridgehead atoms. The first-order valence-electron chi connectivity index (χ1n) is 5.56. The number of ether oxygens (including phenoxy) is 1. The molecule has 17 heavy (non-hydrogen) atoms. The third-order valence-electron chi connectivity index (χ3n) is 3.21. The molecule has 0 radical (unpaired) electrons. The maximum atomic E-state index is 11.6. The molecular formula is C10H19NO5S. The molecule has 1 heterocycles. The highest BCUT2D eigenvalue weighted by molar-refractivity contribution is 7.90. The number of sulfonamides is 1. The van der Waals surface area contributed by atoms with Crippen LogP contribution in [0.15, 0.2) is 0 Å². The van der Waals surface area contributed by atoms with Crippen LogP contribution in [0.4, 0.5) is 0 Å². The van der Waals surface area contributed by atoms with E-state index in [4.69, 9.17) is 9.84 Å². The second-order valence-corrected chi connectivity index (χ2v) is 6.86. The van der Waals surface area contributed by atoms with Gasteiger partial charge in [-0.15, -0.1) is 0 Å². The minimum Gasteiger partial charge on any atom is -0.480 e. The lowest BCUT2D eigenvalue weighted by Crippen LogP contribution is -2.44. The molecule has 0 aromatic carbocycles. The van der Waals surface area contributed by atoms with Gasteiger partial charge >= 0.3 is 5.97 Å². The molecule has 2 N–H and O–H groups in total. The summed E-state index contributed by atoms with van der Waals surface area (Å²) in [7, 11) is -3.79. The molecule has 0 amide bonds. The average Bonchev–Trinajstić information content (AvgIpc) is 2.27. The van der Waals surface area contributed by atoms with Gasteiger partial charge in [-0.1, -0.05) is 6.92 Å². The van der Waals surface area contributed by atoms with Crippen LogP contribution in [0.1, 0.15) is 26.7 Å². The zero-order chi connectivity index (χ0) is 13.1. The standard InChI is InChI=1S/C10H19NO5S/c1-8(9(12)13)17(14,15)11-7-10(2)3-5-16-6-4-10/h8,11H,3-7H2,1-2H3,(H,12,13). The van der Waals surface area contributed by atoms with Crippen LogP contribution in [0.3, 0.4) is 0 Å². The van der Waals surface area contributed by atoms with Gasteiger partial charge in [0.15, 0.2) is 5.25 Å². The van der Waals surface area contributed by atoms with Crippen molar-refractivity contribution in [2.75, 3.05) is 19.8 Å². The highest BCUT2D eigenvalue weighted by Crippen LogP contribution is 2.28. The van der Waals surface area contributed by atoms with E-state index in [1.807, 2.05) is 6.92 Å². The molecule has 7 heteroatoms. The van der Waals surface area contributed by atoms with E-state index in [1.165, 1.54) is 0 Å². The topological polar surface area (TPSA) is 92.7 Å². The largest absolute Gasteiger partial charge is 0.480 e. The van der Waals surface area contributed by atoms with Crippen molar-refractivity contribution >= 4 is 16.0 Å². The van der Waals surface area contributed by atoms with Crippen LogP contribution in [0.25, 0.3) is 0 Å². The van der Waals surface area contributed by atoms with Crippen molar-refractivity contribution in [1.82, 2.24) is 4.72 Å². The van der Waals surface area contributed by atoms with Crippen molar-refractivity contribution in [1.29, 1.82) is 0 Å². The van der Waals surface area contributed by atoms with Gasteiger partial charge in [0.1, 0.15) is 0 Å². The van der Waals surface area contributed by atoms with Gasteiger partial charge in [-0.05, 0) is 25.2 Å². The van der Waals surface area contributed by atoms with Gasteiger partial charge in [0.2, 0.25) is 10.0 Å². The summed E-state index contributed by atoms with van der Waals surface area (Å²) < 4.78 is 30.9. The van der Waals surface area contributed by atoms with Crippen LogP contribution in [0.2, 0.25) is 0 Å². The highest BCUT2D eigenvalue weighted by atomic mass is 32.2. The summed E-state index contributed by atoms with van der Waals surface area (Å²) in [5, 5.41) is 7.25. The fourth-order valence-electron chi connectivity index (χ4n) is 1.57. The van der Waals surface area contributed by atoms with Crippen LogP contribution in [0, 0.1) is 5.41 Å². The van der Waals surface area contributed by atoms with Crippen LogP contribution in [-0.2, 0) is 19.6 Å². The Hall–Kier alpha value is -0.660. The molecule has 1 rings (SSSR count). The van der Waals surface area contributed by atoms with Gasteiger partial charge in [0, 0.05) is 19.8 Å². The number of aliphatic carboxylic acids is 1. The number of carbonyl (C=O) groups is 1. The molecular weight excluding hydrogens is 246 g/mol. The van der Waals surface area contributed by atoms with Gasteiger partial charge in [-0.25, -0.2) is 13.1 Å². The van der Waals surface area contributed by atoms with Crippen LogP contribution < -0.4 is 4.72 Å². The van der Waals surface area contributed by atoms with Crippen molar-refractivity contribution in [3.8, 4) is 0 Å². The molecule has 1 atom stereocenters. The van der Waals surface area contributed by atoms with Crippen LogP contribution >= 0.6 is 0 Å². The fourth-order valence-corrected chi connectivity index (χ4v) is 2.64. The molecule has 0 aliphatic carbocycles. The van der Waals surface area contributed by atoms with E-state index in [9.17, 15) is 13.2 Å². The van der Waals surface area contributed by atoms with Crippen molar-refractivity contribution in [3.63, 3.8) is 0 Å². The molecule has 1 saturated heterocycles. The number of carboxylic acid groups (broad SMARTS) is 1.